The monoisotopic (exact) mass is 329 g/mol. The second kappa shape index (κ2) is 6.67. The van der Waals surface area contributed by atoms with E-state index in [4.69, 9.17) is 10.5 Å². The van der Waals surface area contributed by atoms with Crippen molar-refractivity contribution in [2.45, 2.75) is 6.42 Å². The molecule has 1 amide bonds. The number of aromatic nitrogens is 2. The van der Waals surface area contributed by atoms with Crippen LogP contribution < -0.4 is 11.1 Å². The van der Waals surface area contributed by atoms with Gasteiger partial charge in [0.2, 0.25) is 11.9 Å². The highest BCUT2D eigenvalue weighted by molar-refractivity contribution is 9.10. The van der Waals surface area contributed by atoms with Crippen molar-refractivity contribution < 1.29 is 9.53 Å². The lowest BCUT2D eigenvalue weighted by Crippen LogP contribution is -2.41. The predicted molar refractivity (Wildman–Crippen MR) is 74.7 cm³/mol. The van der Waals surface area contributed by atoms with Gasteiger partial charge in [-0.3, -0.25) is 4.79 Å². The molecule has 1 aliphatic heterocycles. The summed E-state index contributed by atoms with van der Waals surface area (Å²) in [5, 5.41) is 3.07. The van der Waals surface area contributed by atoms with Crippen LogP contribution in [-0.4, -0.2) is 53.6 Å². The number of rotatable bonds is 4. The normalized spacial score (nSPS) is 15.3. The van der Waals surface area contributed by atoms with E-state index < -0.39 is 0 Å². The summed E-state index contributed by atoms with van der Waals surface area (Å²) in [6, 6.07) is 0. The summed E-state index contributed by atoms with van der Waals surface area (Å²) >= 11 is 3.32. The Morgan fingerprint density at radius 2 is 2.26 bits per heavy atom. The van der Waals surface area contributed by atoms with Crippen molar-refractivity contribution in [1.29, 1.82) is 0 Å². The summed E-state index contributed by atoms with van der Waals surface area (Å²) in [5.74, 6) is 0.918. The number of halogens is 1. The van der Waals surface area contributed by atoms with Crippen LogP contribution in [0, 0.1) is 0 Å². The van der Waals surface area contributed by atoms with Gasteiger partial charge in [-0.25, -0.2) is 4.98 Å². The van der Waals surface area contributed by atoms with E-state index in [9.17, 15) is 4.79 Å². The zero-order chi connectivity index (χ0) is 13.7. The first kappa shape index (κ1) is 14.0. The first-order valence-corrected chi connectivity index (χ1v) is 6.83. The van der Waals surface area contributed by atoms with Crippen LogP contribution in [0.3, 0.4) is 0 Å². The van der Waals surface area contributed by atoms with Crippen molar-refractivity contribution in [1.82, 2.24) is 14.9 Å². The molecule has 8 heteroatoms. The van der Waals surface area contributed by atoms with Crippen molar-refractivity contribution in [3.05, 3.63) is 10.7 Å². The van der Waals surface area contributed by atoms with E-state index in [2.05, 4.69) is 31.2 Å². The molecule has 1 fully saturated rings. The smallest absolute Gasteiger partial charge is 0.224 e. The van der Waals surface area contributed by atoms with Crippen molar-refractivity contribution in [2.75, 3.05) is 43.9 Å². The summed E-state index contributed by atoms with van der Waals surface area (Å²) in [6.07, 6.45) is 1.99. The number of carbonyl (C=O) groups excluding carboxylic acids is 1. The van der Waals surface area contributed by atoms with Gasteiger partial charge in [0.05, 0.1) is 17.7 Å². The molecule has 104 valence electrons. The lowest BCUT2D eigenvalue weighted by atomic mass is 10.3. The number of anilines is 2. The molecule has 0 spiro atoms. The van der Waals surface area contributed by atoms with Crippen molar-refractivity contribution in [3.63, 3.8) is 0 Å². The number of carbonyl (C=O) groups is 1. The second-order valence-electron chi connectivity index (χ2n) is 4.09. The second-order valence-corrected chi connectivity index (χ2v) is 4.95. The Balaban J connectivity index is 1.79. The van der Waals surface area contributed by atoms with E-state index in [0.29, 0.717) is 45.1 Å². The van der Waals surface area contributed by atoms with Gasteiger partial charge in [-0.2, -0.15) is 4.98 Å². The zero-order valence-corrected chi connectivity index (χ0v) is 12.0. The Morgan fingerprint density at radius 3 is 3.00 bits per heavy atom. The Kier molecular flexibility index (Phi) is 4.92. The third-order valence-corrected chi connectivity index (χ3v) is 3.34. The van der Waals surface area contributed by atoms with Gasteiger partial charge in [-0.05, 0) is 15.9 Å². The first-order valence-electron chi connectivity index (χ1n) is 6.04. The molecule has 0 bridgehead atoms. The Labute approximate surface area is 119 Å². The molecule has 1 aliphatic rings. The van der Waals surface area contributed by atoms with Crippen LogP contribution in [0.2, 0.25) is 0 Å². The number of nitrogens with two attached hydrogens (primary N) is 1. The van der Waals surface area contributed by atoms with Gasteiger partial charge in [-0.15, -0.1) is 0 Å². The molecule has 1 aromatic heterocycles. The maximum absolute atomic E-state index is 11.9. The van der Waals surface area contributed by atoms with Gasteiger partial charge in [0, 0.05) is 32.3 Å². The first-order chi connectivity index (χ1) is 9.16. The number of hydrogen-bond acceptors (Lipinski definition) is 6. The molecule has 0 radical (unpaired) electrons. The number of morpholine rings is 1. The van der Waals surface area contributed by atoms with Crippen LogP contribution in [0.5, 0.6) is 0 Å². The van der Waals surface area contributed by atoms with Crippen LogP contribution in [0.4, 0.5) is 11.8 Å². The highest BCUT2D eigenvalue weighted by atomic mass is 79.9. The van der Waals surface area contributed by atoms with E-state index in [1.165, 1.54) is 0 Å². The maximum Gasteiger partial charge on any atom is 0.224 e. The van der Waals surface area contributed by atoms with Gasteiger partial charge in [-0.1, -0.05) is 0 Å². The third-order valence-electron chi connectivity index (χ3n) is 2.76. The lowest BCUT2D eigenvalue weighted by molar-refractivity contribution is -0.134. The Bertz CT molecular complexity index is 451. The van der Waals surface area contributed by atoms with Gasteiger partial charge >= 0.3 is 0 Å². The zero-order valence-electron chi connectivity index (χ0n) is 10.4. The molecular formula is C11H16BrN5O2. The van der Waals surface area contributed by atoms with Gasteiger partial charge in [0.15, 0.2) is 0 Å². The summed E-state index contributed by atoms with van der Waals surface area (Å²) in [4.78, 5) is 21.6. The molecule has 3 N–H and O–H groups in total. The average molecular weight is 330 g/mol. The van der Waals surface area contributed by atoms with E-state index in [1.54, 1.807) is 6.20 Å². The molecule has 0 unspecified atom stereocenters. The van der Waals surface area contributed by atoms with Gasteiger partial charge < -0.3 is 20.7 Å². The summed E-state index contributed by atoms with van der Waals surface area (Å²) in [7, 11) is 0. The van der Waals surface area contributed by atoms with E-state index in [1.807, 2.05) is 4.90 Å². The Morgan fingerprint density at radius 1 is 1.53 bits per heavy atom. The Hall–Kier alpha value is -1.41. The van der Waals surface area contributed by atoms with E-state index >= 15 is 0 Å². The van der Waals surface area contributed by atoms with Gasteiger partial charge in [0.1, 0.15) is 5.82 Å². The number of nitrogens with one attached hydrogen (secondary N) is 1. The van der Waals surface area contributed by atoms with Crippen LogP contribution in [0.25, 0.3) is 0 Å². The fourth-order valence-corrected chi connectivity index (χ4v) is 2.09. The average Bonchev–Trinajstić information content (AvgIpc) is 2.43. The summed E-state index contributed by atoms with van der Waals surface area (Å²) in [6.45, 7) is 3.08. The van der Waals surface area contributed by atoms with Gasteiger partial charge in [0.25, 0.3) is 0 Å². The maximum atomic E-state index is 11.9. The fourth-order valence-electron chi connectivity index (χ4n) is 1.76. The van der Waals surface area contributed by atoms with Crippen LogP contribution >= 0.6 is 15.9 Å². The highest BCUT2D eigenvalue weighted by Gasteiger charge is 2.16. The van der Waals surface area contributed by atoms with Crippen molar-refractivity contribution >= 4 is 33.6 Å². The largest absolute Gasteiger partial charge is 0.378 e. The molecule has 0 aliphatic carbocycles. The molecule has 0 saturated carbocycles. The minimum atomic E-state index is 0.119. The summed E-state index contributed by atoms with van der Waals surface area (Å²) in [5.41, 5.74) is 5.50. The summed E-state index contributed by atoms with van der Waals surface area (Å²) < 4.78 is 5.93. The van der Waals surface area contributed by atoms with E-state index in [0.717, 1.165) is 4.47 Å². The molecular weight excluding hydrogens is 314 g/mol. The molecule has 7 nitrogen and oxygen atoms in total. The topological polar surface area (TPSA) is 93.4 Å². The quantitative estimate of drug-likeness (QED) is 0.834. The molecule has 1 aromatic rings. The minimum absolute atomic E-state index is 0.119. The third kappa shape index (κ3) is 4.03. The standard InChI is InChI=1S/C11H16BrN5O2/c12-8-7-15-11(13)16-10(8)14-2-1-9(18)17-3-5-19-6-4-17/h7H,1-6H2,(H3,13,14,15,16). The van der Waals surface area contributed by atoms with Crippen LogP contribution in [-0.2, 0) is 9.53 Å². The molecule has 0 atom stereocenters. The lowest BCUT2D eigenvalue weighted by Gasteiger charge is -2.26. The number of hydrogen-bond donors (Lipinski definition) is 2. The molecule has 2 rings (SSSR count). The number of amides is 1. The van der Waals surface area contributed by atoms with E-state index in [-0.39, 0.29) is 11.9 Å². The SMILES string of the molecule is Nc1ncc(Br)c(NCCC(=O)N2CCOCC2)n1. The molecule has 0 aromatic carbocycles. The number of nitrogens with zero attached hydrogens (tertiary/aromatic N) is 3. The fraction of sp³-hybridized carbons (Fsp3) is 0.545. The van der Waals surface area contributed by atoms with Crippen molar-refractivity contribution in [3.8, 4) is 0 Å². The minimum Gasteiger partial charge on any atom is -0.378 e. The van der Waals surface area contributed by atoms with Crippen LogP contribution in [0.1, 0.15) is 6.42 Å². The molecule has 1 saturated heterocycles. The number of nitrogen functional groups attached to an aromatic ring is 1. The predicted octanol–water partition coefficient (Wildman–Crippen LogP) is 0.482. The molecule has 2 heterocycles. The number of ether oxygens (including phenoxy) is 1. The highest BCUT2D eigenvalue weighted by Crippen LogP contribution is 2.18. The molecule has 19 heavy (non-hydrogen) atoms. The van der Waals surface area contributed by atoms with Crippen LogP contribution in [0.15, 0.2) is 10.7 Å². The van der Waals surface area contributed by atoms with Crippen molar-refractivity contribution in [2.24, 2.45) is 0 Å².